The van der Waals surface area contributed by atoms with Crippen molar-refractivity contribution in [1.82, 2.24) is 5.43 Å². The molecule has 0 unspecified atom stereocenters. The number of fused-ring (bicyclic) bond motifs is 1. The van der Waals surface area contributed by atoms with E-state index in [1.165, 1.54) is 37.7 Å². The minimum Gasteiger partial charge on any atom is -0.267 e. The maximum atomic E-state index is 12.6. The summed E-state index contributed by atoms with van der Waals surface area (Å²) in [4.78, 5) is 12.6. The van der Waals surface area contributed by atoms with Gasteiger partial charge in [0.05, 0.1) is 5.71 Å². The molecule has 142 valence electrons. The molecule has 0 radical (unpaired) electrons. The van der Waals surface area contributed by atoms with Gasteiger partial charge in [0.15, 0.2) is 0 Å². The molecule has 0 heterocycles. The lowest BCUT2D eigenvalue weighted by atomic mass is 9.84. The van der Waals surface area contributed by atoms with Gasteiger partial charge in [0.1, 0.15) is 0 Å². The first kappa shape index (κ1) is 18.4. The lowest BCUT2D eigenvalue weighted by Gasteiger charge is -2.22. The van der Waals surface area contributed by atoms with Gasteiger partial charge in [-0.3, -0.25) is 4.79 Å². The van der Waals surface area contributed by atoms with E-state index < -0.39 is 0 Å². The number of carbonyl (C=O) groups is 1. The molecular weight excluding hydrogens is 344 g/mol. The summed E-state index contributed by atoms with van der Waals surface area (Å²) < 4.78 is 0. The molecular formula is C25H26N2O. The van der Waals surface area contributed by atoms with Crippen LogP contribution in [0.15, 0.2) is 71.8 Å². The maximum Gasteiger partial charge on any atom is 0.272 e. The Morgan fingerprint density at radius 3 is 2.39 bits per heavy atom. The van der Waals surface area contributed by atoms with Crippen molar-refractivity contribution in [3.63, 3.8) is 0 Å². The zero-order chi connectivity index (χ0) is 19.3. The number of benzene rings is 3. The summed E-state index contributed by atoms with van der Waals surface area (Å²) in [5.74, 6) is 0.515. The van der Waals surface area contributed by atoms with E-state index in [1.807, 2.05) is 49.4 Å². The van der Waals surface area contributed by atoms with E-state index in [-0.39, 0.29) is 5.91 Å². The summed E-state index contributed by atoms with van der Waals surface area (Å²) in [6, 6.07) is 22.3. The topological polar surface area (TPSA) is 41.5 Å². The van der Waals surface area contributed by atoms with Gasteiger partial charge in [0, 0.05) is 5.56 Å². The number of nitrogens with one attached hydrogen (secondary N) is 1. The Morgan fingerprint density at radius 1 is 0.893 bits per heavy atom. The van der Waals surface area contributed by atoms with Crippen LogP contribution in [0.1, 0.15) is 66.4 Å². The summed E-state index contributed by atoms with van der Waals surface area (Å²) in [6.07, 6.45) is 6.65. The predicted molar refractivity (Wildman–Crippen MR) is 116 cm³/mol. The first-order valence-electron chi connectivity index (χ1n) is 10.1. The summed E-state index contributed by atoms with van der Waals surface area (Å²) >= 11 is 0. The lowest BCUT2D eigenvalue weighted by Crippen LogP contribution is -2.19. The smallest absolute Gasteiger partial charge is 0.267 e. The van der Waals surface area contributed by atoms with Gasteiger partial charge in [0.25, 0.3) is 5.91 Å². The fourth-order valence-corrected chi connectivity index (χ4v) is 4.12. The molecule has 3 nitrogen and oxygen atoms in total. The number of hydrazone groups is 1. The Balaban J connectivity index is 1.47. The van der Waals surface area contributed by atoms with Crippen LogP contribution < -0.4 is 5.43 Å². The highest BCUT2D eigenvalue weighted by atomic mass is 16.2. The Hall–Kier alpha value is -2.94. The van der Waals surface area contributed by atoms with Crippen LogP contribution in [0.3, 0.4) is 0 Å². The number of rotatable bonds is 4. The molecule has 3 heteroatoms. The van der Waals surface area contributed by atoms with Crippen molar-refractivity contribution < 1.29 is 4.79 Å². The van der Waals surface area contributed by atoms with Gasteiger partial charge in [-0.1, -0.05) is 79.9 Å². The fraction of sp³-hybridized carbons (Fsp3) is 0.280. The van der Waals surface area contributed by atoms with Crippen LogP contribution in [0.2, 0.25) is 0 Å². The average Bonchev–Trinajstić information content (AvgIpc) is 2.77. The fourth-order valence-electron chi connectivity index (χ4n) is 4.12. The molecule has 1 aliphatic rings. The molecule has 1 fully saturated rings. The van der Waals surface area contributed by atoms with Crippen LogP contribution in [0.4, 0.5) is 0 Å². The molecule has 28 heavy (non-hydrogen) atoms. The van der Waals surface area contributed by atoms with Gasteiger partial charge < -0.3 is 0 Å². The van der Waals surface area contributed by atoms with Gasteiger partial charge in [-0.25, -0.2) is 5.43 Å². The number of amides is 1. The van der Waals surface area contributed by atoms with Crippen molar-refractivity contribution in [2.24, 2.45) is 5.10 Å². The van der Waals surface area contributed by atoms with Crippen LogP contribution >= 0.6 is 0 Å². The molecule has 3 aromatic carbocycles. The Morgan fingerprint density at radius 2 is 1.61 bits per heavy atom. The van der Waals surface area contributed by atoms with Crippen LogP contribution in [-0.4, -0.2) is 11.6 Å². The zero-order valence-corrected chi connectivity index (χ0v) is 16.3. The molecule has 1 aliphatic carbocycles. The van der Waals surface area contributed by atoms with Gasteiger partial charge in [-0.2, -0.15) is 5.10 Å². The molecule has 0 aliphatic heterocycles. The Bertz CT molecular complexity index is 993. The quantitative estimate of drug-likeness (QED) is 0.441. The molecule has 0 bridgehead atoms. The Labute approximate surface area is 166 Å². The van der Waals surface area contributed by atoms with Crippen LogP contribution in [0, 0.1) is 0 Å². The SMILES string of the molecule is C/C(=N\NC(=O)c1cccc2ccccc12)c1ccc(C2CCCCC2)cc1. The second-order valence-corrected chi connectivity index (χ2v) is 7.62. The first-order chi connectivity index (χ1) is 13.7. The summed E-state index contributed by atoms with van der Waals surface area (Å²) in [5, 5.41) is 6.32. The number of hydrogen-bond donors (Lipinski definition) is 1. The van der Waals surface area contributed by atoms with Crippen molar-refractivity contribution in [3.05, 3.63) is 83.4 Å². The van der Waals surface area contributed by atoms with E-state index in [2.05, 4.69) is 34.8 Å². The third kappa shape index (κ3) is 3.99. The largest absolute Gasteiger partial charge is 0.272 e. The molecule has 3 aromatic rings. The summed E-state index contributed by atoms with van der Waals surface area (Å²) in [7, 11) is 0. The first-order valence-corrected chi connectivity index (χ1v) is 10.1. The maximum absolute atomic E-state index is 12.6. The summed E-state index contributed by atoms with van der Waals surface area (Å²) in [6.45, 7) is 1.93. The van der Waals surface area contributed by atoms with Crippen molar-refractivity contribution in [2.75, 3.05) is 0 Å². The van der Waals surface area contributed by atoms with E-state index in [1.54, 1.807) is 0 Å². The predicted octanol–water partition coefficient (Wildman–Crippen LogP) is 6.04. The Kier molecular flexibility index (Phi) is 5.52. The summed E-state index contributed by atoms with van der Waals surface area (Å²) in [5.41, 5.74) is 6.63. The third-order valence-corrected chi connectivity index (χ3v) is 5.76. The zero-order valence-electron chi connectivity index (χ0n) is 16.3. The van der Waals surface area contributed by atoms with Gasteiger partial charge in [0.2, 0.25) is 0 Å². The van der Waals surface area contributed by atoms with Gasteiger partial charge >= 0.3 is 0 Å². The minimum atomic E-state index is -0.185. The molecule has 0 atom stereocenters. The molecule has 1 N–H and O–H groups in total. The number of nitrogens with zero attached hydrogens (tertiary/aromatic N) is 1. The van der Waals surface area contributed by atoms with Crippen molar-refractivity contribution in [1.29, 1.82) is 0 Å². The van der Waals surface area contributed by atoms with Crippen molar-refractivity contribution >= 4 is 22.4 Å². The standard InChI is InChI=1S/C25H26N2O/c1-18(19-14-16-21(17-15-19)20-8-3-2-4-9-20)26-27-25(28)24-13-7-11-22-10-5-6-12-23(22)24/h5-7,10-17,20H,2-4,8-9H2,1H3,(H,27,28)/b26-18+. The molecule has 0 spiro atoms. The highest BCUT2D eigenvalue weighted by molar-refractivity contribution is 6.07. The molecule has 4 rings (SSSR count). The van der Waals surface area contributed by atoms with E-state index in [0.717, 1.165) is 22.0 Å². The molecule has 0 aromatic heterocycles. The lowest BCUT2D eigenvalue weighted by molar-refractivity contribution is 0.0956. The highest BCUT2D eigenvalue weighted by Gasteiger charge is 2.15. The molecule has 0 saturated heterocycles. The van der Waals surface area contributed by atoms with Crippen LogP contribution in [0.5, 0.6) is 0 Å². The number of carbonyl (C=O) groups excluding carboxylic acids is 1. The van der Waals surface area contributed by atoms with Crippen LogP contribution in [0.25, 0.3) is 10.8 Å². The van der Waals surface area contributed by atoms with E-state index >= 15 is 0 Å². The number of hydrogen-bond acceptors (Lipinski definition) is 2. The molecule has 1 saturated carbocycles. The van der Waals surface area contributed by atoms with Crippen LogP contribution in [-0.2, 0) is 0 Å². The van der Waals surface area contributed by atoms with E-state index in [0.29, 0.717) is 11.5 Å². The minimum absolute atomic E-state index is 0.185. The van der Waals surface area contributed by atoms with Crippen molar-refractivity contribution in [3.8, 4) is 0 Å². The highest BCUT2D eigenvalue weighted by Crippen LogP contribution is 2.32. The van der Waals surface area contributed by atoms with Gasteiger partial charge in [-0.05, 0) is 53.6 Å². The second-order valence-electron chi connectivity index (χ2n) is 7.62. The van der Waals surface area contributed by atoms with Crippen molar-refractivity contribution in [2.45, 2.75) is 44.9 Å². The monoisotopic (exact) mass is 370 g/mol. The average molecular weight is 370 g/mol. The van der Waals surface area contributed by atoms with E-state index in [9.17, 15) is 4.79 Å². The molecule has 1 amide bonds. The second kappa shape index (κ2) is 8.39. The van der Waals surface area contributed by atoms with E-state index in [4.69, 9.17) is 0 Å². The normalized spacial score (nSPS) is 15.5. The van der Waals surface area contributed by atoms with Gasteiger partial charge in [-0.15, -0.1) is 0 Å². The third-order valence-electron chi connectivity index (χ3n) is 5.76.